The monoisotopic (exact) mass is 367 g/mol. The smallest absolute Gasteiger partial charge is 0.407 e. The van der Waals surface area contributed by atoms with Crippen molar-refractivity contribution in [2.45, 2.75) is 30.4 Å². The number of hydrogen-bond donors (Lipinski definition) is 2. The minimum absolute atomic E-state index is 0.00151. The number of hydrogen-bond acceptors (Lipinski definition) is 4. The predicted octanol–water partition coefficient (Wildman–Crippen LogP) is 3.16. The molecule has 2 aromatic carbocycles. The van der Waals surface area contributed by atoms with E-state index in [4.69, 9.17) is 9.47 Å². The van der Waals surface area contributed by atoms with Gasteiger partial charge in [-0.2, -0.15) is 0 Å². The SMILES string of the molecule is COC1(C(=O)O)CC(NC(=O)OCC2c3ccccc3-c3ccccc32)C1. The standard InChI is InChI=1S/C21H21NO5/c1-26-21(19(23)24)10-13(11-21)22-20(25)27-12-18-16-8-4-2-6-14(16)15-7-3-5-9-17(15)18/h2-9,13,18H,10-12H2,1H3,(H,22,25)(H,23,24). The highest BCUT2D eigenvalue weighted by atomic mass is 16.5. The number of alkyl carbamates (subject to hydrolysis) is 1. The number of methoxy groups -OCH3 is 1. The van der Waals surface area contributed by atoms with Crippen LogP contribution in [0.2, 0.25) is 0 Å². The van der Waals surface area contributed by atoms with Gasteiger partial charge in [-0.1, -0.05) is 48.5 Å². The van der Waals surface area contributed by atoms with Gasteiger partial charge in [0, 0.05) is 31.9 Å². The highest BCUT2D eigenvalue weighted by Gasteiger charge is 2.51. The van der Waals surface area contributed by atoms with Crippen LogP contribution in [0.25, 0.3) is 11.1 Å². The molecule has 140 valence electrons. The Balaban J connectivity index is 1.38. The van der Waals surface area contributed by atoms with E-state index in [9.17, 15) is 14.7 Å². The van der Waals surface area contributed by atoms with Crippen molar-refractivity contribution in [2.75, 3.05) is 13.7 Å². The van der Waals surface area contributed by atoms with Crippen LogP contribution in [0.3, 0.4) is 0 Å². The van der Waals surface area contributed by atoms with E-state index in [1.165, 1.54) is 18.2 Å². The van der Waals surface area contributed by atoms with Gasteiger partial charge < -0.3 is 19.9 Å². The molecule has 0 heterocycles. The second-order valence-electron chi connectivity index (χ2n) is 7.08. The van der Waals surface area contributed by atoms with Gasteiger partial charge in [0.05, 0.1) is 0 Å². The zero-order valence-electron chi connectivity index (χ0n) is 15.0. The first-order valence-corrected chi connectivity index (χ1v) is 8.94. The minimum atomic E-state index is -1.19. The van der Waals surface area contributed by atoms with Crippen molar-refractivity contribution in [3.63, 3.8) is 0 Å². The average molecular weight is 367 g/mol. The molecule has 4 rings (SSSR count). The maximum atomic E-state index is 12.2. The zero-order chi connectivity index (χ0) is 19.0. The molecule has 1 fully saturated rings. The molecule has 2 N–H and O–H groups in total. The largest absolute Gasteiger partial charge is 0.479 e. The Kier molecular flexibility index (Phi) is 4.36. The number of rotatable bonds is 5. The summed E-state index contributed by atoms with van der Waals surface area (Å²) in [5, 5.41) is 11.9. The molecule has 2 aliphatic rings. The van der Waals surface area contributed by atoms with Crippen LogP contribution in [0.15, 0.2) is 48.5 Å². The fraction of sp³-hybridized carbons (Fsp3) is 0.333. The number of carboxylic acid groups (broad SMARTS) is 1. The van der Waals surface area contributed by atoms with Crippen LogP contribution in [0.1, 0.15) is 29.9 Å². The molecule has 0 atom stereocenters. The molecule has 2 aliphatic carbocycles. The maximum absolute atomic E-state index is 12.2. The highest BCUT2D eigenvalue weighted by Crippen LogP contribution is 2.44. The van der Waals surface area contributed by atoms with E-state index >= 15 is 0 Å². The van der Waals surface area contributed by atoms with Crippen LogP contribution in [-0.4, -0.2) is 42.5 Å². The Morgan fingerprint density at radius 3 is 2.15 bits per heavy atom. The molecule has 6 heteroatoms. The van der Waals surface area contributed by atoms with E-state index in [1.807, 2.05) is 24.3 Å². The molecule has 0 aromatic heterocycles. The third-order valence-corrected chi connectivity index (χ3v) is 5.60. The maximum Gasteiger partial charge on any atom is 0.407 e. The number of carbonyl (C=O) groups excluding carboxylic acids is 1. The average Bonchev–Trinajstić information content (AvgIpc) is 2.96. The number of carbonyl (C=O) groups is 2. The Labute approximate surface area is 157 Å². The van der Waals surface area contributed by atoms with Crippen molar-refractivity contribution in [3.05, 3.63) is 59.7 Å². The Bertz CT molecular complexity index is 842. The summed E-state index contributed by atoms with van der Waals surface area (Å²) in [6, 6.07) is 16.0. The lowest BCUT2D eigenvalue weighted by Crippen LogP contribution is -2.60. The first-order chi connectivity index (χ1) is 13.0. The molecule has 0 radical (unpaired) electrons. The van der Waals surface area contributed by atoms with Crippen molar-refractivity contribution in [3.8, 4) is 11.1 Å². The zero-order valence-corrected chi connectivity index (χ0v) is 15.0. The second kappa shape index (κ2) is 6.70. The van der Waals surface area contributed by atoms with E-state index in [0.29, 0.717) is 0 Å². The van der Waals surface area contributed by atoms with Crippen molar-refractivity contribution < 1.29 is 24.2 Å². The quantitative estimate of drug-likeness (QED) is 0.848. The van der Waals surface area contributed by atoms with Crippen LogP contribution < -0.4 is 5.32 Å². The summed E-state index contributed by atoms with van der Waals surface area (Å²) in [6.07, 6.45) is -0.0524. The van der Waals surface area contributed by atoms with Crippen LogP contribution in [-0.2, 0) is 14.3 Å². The summed E-state index contributed by atoms with van der Waals surface area (Å²) in [5.74, 6) is -1.00. The Morgan fingerprint density at radius 2 is 1.63 bits per heavy atom. The van der Waals surface area contributed by atoms with Gasteiger partial charge in [-0.3, -0.25) is 0 Å². The molecule has 0 bridgehead atoms. The summed E-state index contributed by atoms with van der Waals surface area (Å²) in [4.78, 5) is 23.4. The van der Waals surface area contributed by atoms with Gasteiger partial charge in [-0.05, 0) is 22.3 Å². The highest BCUT2D eigenvalue weighted by molar-refractivity contribution is 5.80. The Morgan fingerprint density at radius 1 is 1.07 bits per heavy atom. The molecule has 0 spiro atoms. The van der Waals surface area contributed by atoms with Crippen LogP contribution in [0.4, 0.5) is 4.79 Å². The predicted molar refractivity (Wildman–Crippen MR) is 98.6 cm³/mol. The van der Waals surface area contributed by atoms with E-state index in [1.54, 1.807) is 0 Å². The van der Waals surface area contributed by atoms with E-state index < -0.39 is 17.7 Å². The molecule has 0 unspecified atom stereocenters. The van der Waals surface area contributed by atoms with Gasteiger partial charge in [0.15, 0.2) is 5.60 Å². The lowest BCUT2D eigenvalue weighted by Gasteiger charge is -2.42. The van der Waals surface area contributed by atoms with E-state index in [0.717, 1.165) is 11.1 Å². The number of amides is 1. The fourth-order valence-corrected chi connectivity index (χ4v) is 4.07. The number of nitrogens with one attached hydrogen (secondary N) is 1. The summed E-state index contributed by atoms with van der Waals surface area (Å²) >= 11 is 0. The molecule has 0 aliphatic heterocycles. The van der Waals surface area contributed by atoms with Crippen LogP contribution >= 0.6 is 0 Å². The van der Waals surface area contributed by atoms with Crippen molar-refractivity contribution in [1.29, 1.82) is 0 Å². The van der Waals surface area contributed by atoms with Gasteiger partial charge in [0.25, 0.3) is 0 Å². The molecule has 1 saturated carbocycles. The molecule has 0 saturated heterocycles. The molecule has 27 heavy (non-hydrogen) atoms. The first-order valence-electron chi connectivity index (χ1n) is 8.94. The molecular formula is C21H21NO5. The van der Waals surface area contributed by atoms with E-state index in [2.05, 4.69) is 29.6 Å². The molecule has 6 nitrogen and oxygen atoms in total. The lowest BCUT2D eigenvalue weighted by molar-refractivity contribution is -0.176. The summed E-state index contributed by atoms with van der Waals surface area (Å²) in [6.45, 7) is 0.237. The second-order valence-corrected chi connectivity index (χ2v) is 7.08. The van der Waals surface area contributed by atoms with Crippen LogP contribution in [0.5, 0.6) is 0 Å². The summed E-state index contributed by atoms with van der Waals surface area (Å²) < 4.78 is 10.5. The number of benzene rings is 2. The number of fused-ring (bicyclic) bond motifs is 3. The van der Waals surface area contributed by atoms with Gasteiger partial charge in [0.2, 0.25) is 0 Å². The van der Waals surface area contributed by atoms with Crippen molar-refractivity contribution >= 4 is 12.1 Å². The molecular weight excluding hydrogens is 346 g/mol. The Hall–Kier alpha value is -2.86. The van der Waals surface area contributed by atoms with Gasteiger partial charge in [-0.25, -0.2) is 9.59 Å². The number of aliphatic carboxylic acids is 1. The minimum Gasteiger partial charge on any atom is -0.479 e. The normalized spacial score (nSPS) is 23.1. The van der Waals surface area contributed by atoms with Crippen molar-refractivity contribution in [1.82, 2.24) is 5.32 Å². The third-order valence-electron chi connectivity index (χ3n) is 5.60. The number of carboxylic acids is 1. The van der Waals surface area contributed by atoms with Gasteiger partial charge in [-0.15, -0.1) is 0 Å². The summed E-state index contributed by atoms with van der Waals surface area (Å²) in [7, 11) is 1.37. The topological polar surface area (TPSA) is 84.9 Å². The van der Waals surface area contributed by atoms with Crippen molar-refractivity contribution in [2.24, 2.45) is 0 Å². The molecule has 2 aromatic rings. The number of ether oxygens (including phenoxy) is 2. The molecule has 1 amide bonds. The van der Waals surface area contributed by atoms with Gasteiger partial charge in [0.1, 0.15) is 6.61 Å². The van der Waals surface area contributed by atoms with Crippen LogP contribution in [0, 0.1) is 0 Å². The first kappa shape index (κ1) is 17.5. The third kappa shape index (κ3) is 2.96. The fourth-order valence-electron chi connectivity index (χ4n) is 4.07. The van der Waals surface area contributed by atoms with E-state index in [-0.39, 0.29) is 31.4 Å². The van der Waals surface area contributed by atoms with Gasteiger partial charge >= 0.3 is 12.1 Å². The lowest BCUT2D eigenvalue weighted by atomic mass is 9.75. The summed E-state index contributed by atoms with van der Waals surface area (Å²) in [5.41, 5.74) is 3.46.